The number of rotatable bonds is 7. The number of carbonyl (C=O) groups excluding carboxylic acids is 1. The molecule has 0 aliphatic rings. The first-order chi connectivity index (χ1) is 11.1. The van der Waals surface area contributed by atoms with Gasteiger partial charge in [0.05, 0.1) is 5.92 Å². The third kappa shape index (κ3) is 5.54. The van der Waals surface area contributed by atoms with Gasteiger partial charge in [0.25, 0.3) is 11.3 Å². The molecule has 0 heterocycles. The third-order valence-electron chi connectivity index (χ3n) is 3.36. The Bertz CT molecular complexity index is 681. The Morgan fingerprint density at radius 3 is 2.48 bits per heavy atom. The van der Waals surface area contributed by atoms with Crippen molar-refractivity contribution in [3.63, 3.8) is 0 Å². The van der Waals surface area contributed by atoms with Crippen LogP contribution in [0.3, 0.4) is 0 Å². The first-order valence-corrected chi connectivity index (χ1v) is 8.83. The lowest BCUT2D eigenvalue weighted by molar-refractivity contribution is -0.149. The topological polar surface area (TPSA) is 75.6 Å². The molecule has 2 atom stereocenters. The monoisotopic (exact) mass is 397 g/mol. The smallest absolute Gasteiger partial charge is 0.333 e. The number of carbonyl (C=O) groups is 1. The summed E-state index contributed by atoms with van der Waals surface area (Å²) >= 11 is 1.08. The van der Waals surface area contributed by atoms with Crippen LogP contribution in [0.5, 0.6) is 0 Å². The molecule has 2 rings (SSSR count). The fourth-order valence-corrected chi connectivity index (χ4v) is 2.89. The second-order valence-corrected chi connectivity index (χ2v) is 6.37. The molecule has 0 aromatic heterocycles. The van der Waals surface area contributed by atoms with Crippen molar-refractivity contribution < 1.29 is 18.4 Å². The Kier molecular flexibility index (Phi) is 6.91. The van der Waals surface area contributed by atoms with Crippen molar-refractivity contribution in [1.82, 2.24) is 4.89 Å². The van der Waals surface area contributed by atoms with Crippen LogP contribution in [0, 0.1) is 0 Å². The van der Waals surface area contributed by atoms with Gasteiger partial charge in [-0.15, -0.1) is 0 Å². The molecule has 2 unspecified atom stereocenters. The molecule has 0 fully saturated rings. The van der Waals surface area contributed by atoms with Gasteiger partial charge in [-0.2, -0.15) is 0 Å². The molecule has 0 saturated carbocycles. The maximum atomic E-state index is 12.2. The quantitative estimate of drug-likeness (QED) is 0.554. The maximum absolute atomic E-state index is 12.2. The van der Waals surface area contributed by atoms with E-state index in [2.05, 4.69) is 20.8 Å². The molecule has 122 valence electrons. The van der Waals surface area contributed by atoms with Crippen LogP contribution in [0.25, 0.3) is 0 Å². The van der Waals surface area contributed by atoms with E-state index in [9.17, 15) is 9.00 Å². The highest BCUT2D eigenvalue weighted by molar-refractivity contribution is 9.10. The fourth-order valence-electron chi connectivity index (χ4n) is 2.25. The number of hydrogen-bond acceptors (Lipinski definition) is 3. The van der Waals surface area contributed by atoms with Crippen LogP contribution >= 0.6 is 15.9 Å². The minimum Gasteiger partial charge on any atom is -0.355 e. The summed E-state index contributed by atoms with van der Waals surface area (Å²) in [6.07, 6.45) is 1.18. The molecule has 5 nitrogen and oxygen atoms in total. The number of nitrogens with one attached hydrogen (secondary N) is 1. The third-order valence-corrected chi connectivity index (χ3v) is 4.36. The van der Waals surface area contributed by atoms with Gasteiger partial charge in [-0.25, -0.2) is 9.00 Å². The molecule has 7 heteroatoms. The van der Waals surface area contributed by atoms with Crippen molar-refractivity contribution >= 4 is 33.2 Å². The molecule has 2 aromatic rings. The fraction of sp³-hybridized carbons (Fsp3) is 0.188. The van der Waals surface area contributed by atoms with E-state index in [4.69, 9.17) is 4.55 Å². The van der Waals surface area contributed by atoms with Gasteiger partial charge in [0.1, 0.15) is 0 Å². The maximum Gasteiger partial charge on any atom is 0.333 e. The lowest BCUT2D eigenvalue weighted by Crippen LogP contribution is -2.26. The zero-order valence-electron chi connectivity index (χ0n) is 12.1. The summed E-state index contributed by atoms with van der Waals surface area (Å²) in [6, 6.07) is 17.0. The number of hydrogen-bond donors (Lipinski definition) is 2. The summed E-state index contributed by atoms with van der Waals surface area (Å²) < 4.78 is 20.3. The lowest BCUT2D eigenvalue weighted by Gasteiger charge is -2.16. The average Bonchev–Trinajstić information content (AvgIpc) is 2.55. The average molecular weight is 398 g/mol. The van der Waals surface area contributed by atoms with Crippen LogP contribution in [0.1, 0.15) is 23.5 Å². The van der Waals surface area contributed by atoms with Crippen molar-refractivity contribution in [2.24, 2.45) is 0 Å². The van der Waals surface area contributed by atoms with E-state index < -0.39 is 23.2 Å². The highest BCUT2D eigenvalue weighted by atomic mass is 79.9. The summed E-state index contributed by atoms with van der Waals surface area (Å²) in [4.78, 5) is 18.7. The predicted octanol–water partition coefficient (Wildman–Crippen LogP) is 3.35. The first kappa shape index (κ1) is 17.8. The molecule has 2 N–H and O–H groups in total. The van der Waals surface area contributed by atoms with Crippen LogP contribution in [0.15, 0.2) is 59.1 Å². The Morgan fingerprint density at radius 1 is 1.17 bits per heavy atom. The normalized spacial score (nSPS) is 13.3. The lowest BCUT2D eigenvalue weighted by atomic mass is 9.92. The molecule has 0 saturated heterocycles. The second kappa shape index (κ2) is 8.93. The van der Waals surface area contributed by atoms with E-state index in [1.54, 1.807) is 4.89 Å². The molecule has 2 aromatic carbocycles. The molecule has 0 radical (unpaired) electrons. The molecule has 0 spiro atoms. The van der Waals surface area contributed by atoms with Crippen molar-refractivity contribution in [3.8, 4) is 0 Å². The Hall–Kier alpha value is -1.54. The zero-order chi connectivity index (χ0) is 16.7. The first-order valence-electron chi connectivity index (χ1n) is 6.93. The van der Waals surface area contributed by atoms with E-state index in [-0.39, 0.29) is 0 Å². The van der Waals surface area contributed by atoms with E-state index in [0.29, 0.717) is 12.8 Å². The molecule has 0 aliphatic heterocycles. The number of halogens is 1. The van der Waals surface area contributed by atoms with Gasteiger partial charge < -0.3 is 4.84 Å². The zero-order valence-corrected chi connectivity index (χ0v) is 14.5. The molecule has 0 bridgehead atoms. The molecular weight excluding hydrogens is 382 g/mol. The van der Waals surface area contributed by atoms with Crippen LogP contribution in [0.2, 0.25) is 0 Å². The van der Waals surface area contributed by atoms with Gasteiger partial charge >= 0.3 is 5.97 Å². The highest BCUT2D eigenvalue weighted by Crippen LogP contribution is 2.25. The van der Waals surface area contributed by atoms with Gasteiger partial charge in [-0.1, -0.05) is 64.5 Å². The van der Waals surface area contributed by atoms with Crippen LogP contribution < -0.4 is 4.89 Å². The number of aryl methyl sites for hydroxylation is 1. The minimum atomic E-state index is -2.40. The predicted molar refractivity (Wildman–Crippen MR) is 91.6 cm³/mol. The van der Waals surface area contributed by atoms with Gasteiger partial charge in [-0.3, -0.25) is 4.55 Å². The van der Waals surface area contributed by atoms with Crippen molar-refractivity contribution in [1.29, 1.82) is 0 Å². The molecular formula is C16H16BrNO4S. The summed E-state index contributed by atoms with van der Waals surface area (Å²) in [5.74, 6) is -1.12. The second-order valence-electron chi connectivity index (χ2n) is 4.85. The van der Waals surface area contributed by atoms with Crippen LogP contribution in [-0.2, 0) is 27.3 Å². The standard InChI is InChI=1S/C16H16BrNO4S/c17-15-9-5-4-8-13(15)10-11-14(12-6-2-1-3-7-12)16(19)22-18-23(20)21/h1-9,14,18H,10-11H2,(H,20,21). The summed E-state index contributed by atoms with van der Waals surface area (Å²) in [5.41, 5.74) is 1.88. The molecule has 0 amide bonds. The SMILES string of the molecule is O=C(ONS(=O)O)C(CCc1ccccc1Br)c1ccccc1. The summed E-state index contributed by atoms with van der Waals surface area (Å²) in [6.45, 7) is 0. The number of benzene rings is 2. The molecule has 0 aliphatic carbocycles. The highest BCUT2D eigenvalue weighted by Gasteiger charge is 2.23. The Morgan fingerprint density at radius 2 is 1.83 bits per heavy atom. The van der Waals surface area contributed by atoms with Gasteiger partial charge in [0, 0.05) is 4.47 Å². The van der Waals surface area contributed by atoms with Gasteiger partial charge in [0.2, 0.25) is 0 Å². The Labute approximate surface area is 145 Å². The minimum absolute atomic E-state index is 0.519. The largest absolute Gasteiger partial charge is 0.355 e. The van der Waals surface area contributed by atoms with Gasteiger partial charge in [-0.05, 0) is 34.9 Å². The Balaban J connectivity index is 2.12. The van der Waals surface area contributed by atoms with E-state index >= 15 is 0 Å². The summed E-state index contributed by atoms with van der Waals surface area (Å²) in [7, 11) is 0. The van der Waals surface area contributed by atoms with Crippen LogP contribution in [0.4, 0.5) is 0 Å². The molecule has 23 heavy (non-hydrogen) atoms. The van der Waals surface area contributed by atoms with E-state index in [0.717, 1.165) is 15.6 Å². The van der Waals surface area contributed by atoms with E-state index in [1.807, 2.05) is 54.6 Å². The van der Waals surface area contributed by atoms with Gasteiger partial charge in [0.15, 0.2) is 0 Å². The van der Waals surface area contributed by atoms with E-state index in [1.165, 1.54) is 0 Å². The van der Waals surface area contributed by atoms with Crippen molar-refractivity contribution in [2.45, 2.75) is 18.8 Å². The van der Waals surface area contributed by atoms with Crippen molar-refractivity contribution in [3.05, 3.63) is 70.2 Å². The summed E-state index contributed by atoms with van der Waals surface area (Å²) in [5, 5.41) is 0. The van der Waals surface area contributed by atoms with Crippen LogP contribution in [-0.4, -0.2) is 14.7 Å². The van der Waals surface area contributed by atoms with Crippen molar-refractivity contribution in [2.75, 3.05) is 0 Å².